The minimum absolute atomic E-state index is 0.290. The quantitative estimate of drug-likeness (QED) is 0.842. The third-order valence-electron chi connectivity index (χ3n) is 3.15. The SMILES string of the molecule is OCCCc1ccc(SC2CCCC2)cc1. The van der Waals surface area contributed by atoms with Gasteiger partial charge >= 0.3 is 0 Å². The van der Waals surface area contributed by atoms with E-state index >= 15 is 0 Å². The van der Waals surface area contributed by atoms with Crippen LogP contribution in [0.15, 0.2) is 29.2 Å². The van der Waals surface area contributed by atoms with E-state index in [9.17, 15) is 0 Å². The fraction of sp³-hybridized carbons (Fsp3) is 0.571. The lowest BCUT2D eigenvalue weighted by atomic mass is 10.1. The van der Waals surface area contributed by atoms with Crippen LogP contribution in [0, 0.1) is 0 Å². The number of benzene rings is 1. The van der Waals surface area contributed by atoms with Crippen molar-refractivity contribution in [2.45, 2.75) is 48.7 Å². The molecule has 0 bridgehead atoms. The van der Waals surface area contributed by atoms with Crippen LogP contribution in [-0.2, 0) is 6.42 Å². The van der Waals surface area contributed by atoms with Gasteiger partial charge in [-0.3, -0.25) is 0 Å². The average molecular weight is 236 g/mol. The van der Waals surface area contributed by atoms with Crippen molar-refractivity contribution in [2.75, 3.05) is 6.61 Å². The lowest BCUT2D eigenvalue weighted by molar-refractivity contribution is 0.288. The molecule has 1 nitrogen and oxygen atoms in total. The summed E-state index contributed by atoms with van der Waals surface area (Å²) >= 11 is 2.03. The molecule has 0 spiro atoms. The van der Waals surface area contributed by atoms with Gasteiger partial charge in [0, 0.05) is 16.8 Å². The van der Waals surface area contributed by atoms with E-state index in [1.807, 2.05) is 11.8 Å². The van der Waals surface area contributed by atoms with Crippen molar-refractivity contribution in [3.63, 3.8) is 0 Å². The van der Waals surface area contributed by atoms with Crippen molar-refractivity contribution >= 4 is 11.8 Å². The molecule has 0 aromatic heterocycles. The molecule has 0 aliphatic heterocycles. The Morgan fingerprint density at radius 2 is 1.81 bits per heavy atom. The second-order valence-corrected chi connectivity index (χ2v) is 5.87. The summed E-state index contributed by atoms with van der Waals surface area (Å²) in [5, 5.41) is 9.62. The fourth-order valence-electron chi connectivity index (χ4n) is 2.22. The van der Waals surface area contributed by atoms with Crippen LogP contribution in [0.2, 0.25) is 0 Å². The van der Waals surface area contributed by atoms with E-state index in [0.29, 0.717) is 6.61 Å². The Bertz CT molecular complexity index is 301. The monoisotopic (exact) mass is 236 g/mol. The first-order valence-electron chi connectivity index (χ1n) is 6.25. The number of aliphatic hydroxyl groups is 1. The van der Waals surface area contributed by atoms with E-state index in [1.165, 1.54) is 36.1 Å². The minimum Gasteiger partial charge on any atom is -0.396 e. The molecule has 1 fully saturated rings. The zero-order valence-electron chi connectivity index (χ0n) is 9.69. The maximum atomic E-state index is 8.77. The van der Waals surface area contributed by atoms with E-state index in [4.69, 9.17) is 5.11 Å². The molecule has 1 aliphatic rings. The number of thioether (sulfide) groups is 1. The van der Waals surface area contributed by atoms with Gasteiger partial charge in [0.15, 0.2) is 0 Å². The van der Waals surface area contributed by atoms with Gasteiger partial charge in [-0.15, -0.1) is 11.8 Å². The van der Waals surface area contributed by atoms with Gasteiger partial charge in [0.25, 0.3) is 0 Å². The van der Waals surface area contributed by atoms with Crippen molar-refractivity contribution < 1.29 is 5.11 Å². The topological polar surface area (TPSA) is 20.2 Å². The number of rotatable bonds is 5. The smallest absolute Gasteiger partial charge is 0.0434 e. The molecule has 0 radical (unpaired) electrons. The lowest BCUT2D eigenvalue weighted by Crippen LogP contribution is -1.93. The molecule has 1 N–H and O–H groups in total. The highest BCUT2D eigenvalue weighted by atomic mass is 32.2. The van der Waals surface area contributed by atoms with Gasteiger partial charge in [-0.25, -0.2) is 0 Å². The summed E-state index contributed by atoms with van der Waals surface area (Å²) in [6.45, 7) is 0.290. The van der Waals surface area contributed by atoms with Gasteiger partial charge in [-0.2, -0.15) is 0 Å². The highest BCUT2D eigenvalue weighted by Gasteiger charge is 2.15. The summed E-state index contributed by atoms with van der Waals surface area (Å²) in [5.74, 6) is 0. The predicted octanol–water partition coefficient (Wildman–Crippen LogP) is 3.65. The van der Waals surface area contributed by atoms with E-state index in [-0.39, 0.29) is 0 Å². The second-order valence-electron chi connectivity index (χ2n) is 4.50. The Balaban J connectivity index is 1.86. The summed E-state index contributed by atoms with van der Waals surface area (Å²) < 4.78 is 0. The largest absolute Gasteiger partial charge is 0.396 e. The molecule has 1 aromatic rings. The van der Waals surface area contributed by atoms with Crippen molar-refractivity contribution in [3.05, 3.63) is 29.8 Å². The summed E-state index contributed by atoms with van der Waals surface area (Å²) in [6.07, 6.45) is 7.45. The maximum absolute atomic E-state index is 8.77. The molecule has 1 saturated carbocycles. The van der Waals surface area contributed by atoms with Crippen LogP contribution in [0.4, 0.5) is 0 Å². The molecule has 0 amide bonds. The molecule has 0 heterocycles. The van der Waals surface area contributed by atoms with Crippen LogP contribution in [0.3, 0.4) is 0 Å². The number of hydrogen-bond acceptors (Lipinski definition) is 2. The number of hydrogen-bond donors (Lipinski definition) is 1. The van der Waals surface area contributed by atoms with E-state index in [1.54, 1.807) is 0 Å². The summed E-state index contributed by atoms with van der Waals surface area (Å²) in [5.41, 5.74) is 1.34. The van der Waals surface area contributed by atoms with Crippen molar-refractivity contribution in [3.8, 4) is 0 Å². The van der Waals surface area contributed by atoms with E-state index in [0.717, 1.165) is 18.1 Å². The summed E-state index contributed by atoms with van der Waals surface area (Å²) in [4.78, 5) is 1.40. The van der Waals surface area contributed by atoms with Crippen LogP contribution in [0.5, 0.6) is 0 Å². The third-order valence-corrected chi connectivity index (χ3v) is 4.50. The first-order chi connectivity index (χ1) is 7.88. The van der Waals surface area contributed by atoms with Crippen LogP contribution in [-0.4, -0.2) is 17.0 Å². The first kappa shape index (κ1) is 12.0. The maximum Gasteiger partial charge on any atom is 0.0434 e. The van der Waals surface area contributed by atoms with Crippen molar-refractivity contribution in [1.29, 1.82) is 0 Å². The third kappa shape index (κ3) is 3.53. The van der Waals surface area contributed by atoms with Crippen LogP contribution in [0.1, 0.15) is 37.7 Å². The second kappa shape index (κ2) is 6.31. The molecule has 0 saturated heterocycles. The first-order valence-corrected chi connectivity index (χ1v) is 7.13. The molecule has 16 heavy (non-hydrogen) atoms. The standard InChI is InChI=1S/C14H20OS/c15-11-3-4-12-7-9-14(10-8-12)16-13-5-1-2-6-13/h7-10,13,15H,1-6,11H2. The minimum atomic E-state index is 0.290. The fourth-order valence-corrected chi connectivity index (χ4v) is 3.46. The molecule has 1 aromatic carbocycles. The molecule has 2 heteroatoms. The van der Waals surface area contributed by atoms with E-state index in [2.05, 4.69) is 24.3 Å². The predicted molar refractivity (Wildman–Crippen MR) is 70.0 cm³/mol. The Hall–Kier alpha value is -0.470. The highest BCUT2D eigenvalue weighted by Crippen LogP contribution is 2.34. The van der Waals surface area contributed by atoms with Gasteiger partial charge in [-0.1, -0.05) is 25.0 Å². The Kier molecular flexibility index (Phi) is 4.73. The van der Waals surface area contributed by atoms with Crippen LogP contribution < -0.4 is 0 Å². The van der Waals surface area contributed by atoms with Crippen molar-refractivity contribution in [1.82, 2.24) is 0 Å². The van der Waals surface area contributed by atoms with E-state index < -0.39 is 0 Å². The lowest BCUT2D eigenvalue weighted by Gasteiger charge is -2.09. The summed E-state index contributed by atoms with van der Waals surface area (Å²) in [6, 6.07) is 8.87. The molecule has 1 aliphatic carbocycles. The van der Waals surface area contributed by atoms with Gasteiger partial charge in [0.05, 0.1) is 0 Å². The van der Waals surface area contributed by atoms with Gasteiger partial charge in [-0.05, 0) is 43.4 Å². The molecule has 2 rings (SSSR count). The Labute approximate surface area is 102 Å². The van der Waals surface area contributed by atoms with Crippen LogP contribution in [0.25, 0.3) is 0 Å². The Morgan fingerprint density at radius 1 is 1.12 bits per heavy atom. The zero-order chi connectivity index (χ0) is 11.2. The van der Waals surface area contributed by atoms with Gasteiger partial charge in [0.2, 0.25) is 0 Å². The Morgan fingerprint density at radius 3 is 2.44 bits per heavy atom. The molecule has 0 unspecified atom stereocenters. The highest BCUT2D eigenvalue weighted by molar-refractivity contribution is 8.00. The summed E-state index contributed by atoms with van der Waals surface area (Å²) in [7, 11) is 0. The average Bonchev–Trinajstić information content (AvgIpc) is 2.81. The zero-order valence-corrected chi connectivity index (χ0v) is 10.5. The molecule has 88 valence electrons. The van der Waals surface area contributed by atoms with Gasteiger partial charge < -0.3 is 5.11 Å². The number of aliphatic hydroxyl groups excluding tert-OH is 1. The number of aryl methyl sites for hydroxylation is 1. The van der Waals surface area contributed by atoms with Crippen molar-refractivity contribution in [2.24, 2.45) is 0 Å². The molecular formula is C14H20OS. The van der Waals surface area contributed by atoms with Crippen LogP contribution >= 0.6 is 11.8 Å². The molecule has 0 atom stereocenters. The molecular weight excluding hydrogens is 216 g/mol. The van der Waals surface area contributed by atoms with Gasteiger partial charge in [0.1, 0.15) is 0 Å². The normalized spacial score (nSPS) is 16.8.